The van der Waals surface area contributed by atoms with E-state index in [1.54, 1.807) is 18.2 Å². The molecule has 1 aromatic carbocycles. The standard InChI is InChI=1S/C9H11BrO2/c1-2-8(11)7-5-6(10)3-4-9(7)12/h3-5,8,11-12H,2H2,1H3. The Balaban J connectivity index is 3.04. The fraction of sp³-hybridized carbons (Fsp3) is 0.333. The van der Waals surface area contributed by atoms with Gasteiger partial charge in [-0.15, -0.1) is 0 Å². The minimum atomic E-state index is -0.581. The van der Waals surface area contributed by atoms with Crippen molar-refractivity contribution < 1.29 is 10.2 Å². The summed E-state index contributed by atoms with van der Waals surface area (Å²) in [7, 11) is 0. The Morgan fingerprint density at radius 3 is 2.75 bits per heavy atom. The van der Waals surface area contributed by atoms with Crippen LogP contribution in [0.5, 0.6) is 5.75 Å². The first-order chi connectivity index (χ1) is 5.65. The summed E-state index contributed by atoms with van der Waals surface area (Å²) in [6.07, 6.45) is 0.0202. The molecule has 1 aromatic rings. The third-order valence-electron chi connectivity index (χ3n) is 1.74. The highest BCUT2D eigenvalue weighted by Crippen LogP contribution is 2.28. The molecule has 0 fully saturated rings. The summed E-state index contributed by atoms with van der Waals surface area (Å²) in [5.41, 5.74) is 0.576. The number of phenols is 1. The van der Waals surface area contributed by atoms with Crippen LogP contribution in [0.25, 0.3) is 0 Å². The molecular weight excluding hydrogens is 220 g/mol. The summed E-state index contributed by atoms with van der Waals surface area (Å²) < 4.78 is 0.864. The molecule has 0 spiro atoms. The predicted molar refractivity (Wildman–Crippen MR) is 51.1 cm³/mol. The maximum atomic E-state index is 9.45. The Bertz CT molecular complexity index is 273. The van der Waals surface area contributed by atoms with Gasteiger partial charge >= 0.3 is 0 Å². The summed E-state index contributed by atoms with van der Waals surface area (Å²) in [5.74, 6) is 0.146. The molecule has 1 atom stereocenters. The van der Waals surface area contributed by atoms with E-state index < -0.39 is 6.10 Å². The SMILES string of the molecule is CCC(O)c1cc(Br)ccc1O. The molecule has 2 N–H and O–H groups in total. The number of hydrogen-bond donors (Lipinski definition) is 2. The van der Waals surface area contributed by atoms with Crippen LogP contribution < -0.4 is 0 Å². The first kappa shape index (κ1) is 9.55. The van der Waals surface area contributed by atoms with Gasteiger partial charge in [0.15, 0.2) is 0 Å². The highest BCUT2D eigenvalue weighted by molar-refractivity contribution is 9.10. The Labute approximate surface area is 80.0 Å². The molecule has 0 heterocycles. The lowest BCUT2D eigenvalue weighted by atomic mass is 10.1. The Morgan fingerprint density at radius 1 is 1.50 bits per heavy atom. The van der Waals surface area contributed by atoms with Gasteiger partial charge in [0.1, 0.15) is 5.75 Å². The number of phenolic OH excluding ortho intramolecular Hbond substituents is 1. The van der Waals surface area contributed by atoms with Crippen LogP contribution >= 0.6 is 15.9 Å². The van der Waals surface area contributed by atoms with Gasteiger partial charge in [0.25, 0.3) is 0 Å². The van der Waals surface area contributed by atoms with E-state index >= 15 is 0 Å². The van der Waals surface area contributed by atoms with Gasteiger partial charge in [-0.05, 0) is 24.6 Å². The lowest BCUT2D eigenvalue weighted by Crippen LogP contribution is -1.95. The second-order valence-electron chi connectivity index (χ2n) is 2.63. The molecular formula is C9H11BrO2. The van der Waals surface area contributed by atoms with Crippen LogP contribution in [0.2, 0.25) is 0 Å². The van der Waals surface area contributed by atoms with E-state index in [9.17, 15) is 10.2 Å². The summed E-state index contributed by atoms with van der Waals surface area (Å²) in [4.78, 5) is 0. The summed E-state index contributed by atoms with van der Waals surface area (Å²) in [5, 5.41) is 18.8. The highest BCUT2D eigenvalue weighted by Gasteiger charge is 2.09. The second-order valence-corrected chi connectivity index (χ2v) is 3.54. The molecule has 0 bridgehead atoms. The van der Waals surface area contributed by atoms with Crippen molar-refractivity contribution in [3.05, 3.63) is 28.2 Å². The normalized spacial score (nSPS) is 12.9. The number of halogens is 1. The number of aliphatic hydroxyl groups is 1. The molecule has 0 aliphatic carbocycles. The van der Waals surface area contributed by atoms with Crippen molar-refractivity contribution in [1.29, 1.82) is 0 Å². The molecule has 0 aliphatic rings. The average Bonchev–Trinajstić information content (AvgIpc) is 2.08. The van der Waals surface area contributed by atoms with Crippen molar-refractivity contribution in [2.75, 3.05) is 0 Å². The summed E-state index contributed by atoms with van der Waals surface area (Å²) in [6.45, 7) is 1.87. The zero-order chi connectivity index (χ0) is 9.14. The van der Waals surface area contributed by atoms with Crippen LogP contribution in [0, 0.1) is 0 Å². The zero-order valence-electron chi connectivity index (χ0n) is 6.79. The van der Waals surface area contributed by atoms with Crippen LogP contribution in [-0.4, -0.2) is 10.2 Å². The Hall–Kier alpha value is -0.540. The third-order valence-corrected chi connectivity index (χ3v) is 2.23. The Morgan fingerprint density at radius 2 is 2.17 bits per heavy atom. The number of benzene rings is 1. The van der Waals surface area contributed by atoms with E-state index in [0.29, 0.717) is 12.0 Å². The van der Waals surface area contributed by atoms with Crippen LogP contribution in [-0.2, 0) is 0 Å². The van der Waals surface area contributed by atoms with Gasteiger partial charge in [-0.25, -0.2) is 0 Å². The topological polar surface area (TPSA) is 40.5 Å². The monoisotopic (exact) mass is 230 g/mol. The number of hydrogen-bond acceptors (Lipinski definition) is 2. The van der Waals surface area contributed by atoms with E-state index in [1.807, 2.05) is 6.92 Å². The molecule has 0 aromatic heterocycles. The average molecular weight is 231 g/mol. The third kappa shape index (κ3) is 1.99. The maximum absolute atomic E-state index is 9.45. The first-order valence-electron chi connectivity index (χ1n) is 3.81. The van der Waals surface area contributed by atoms with Gasteiger partial charge in [-0.3, -0.25) is 0 Å². The minimum absolute atomic E-state index is 0.146. The lowest BCUT2D eigenvalue weighted by molar-refractivity contribution is 0.170. The van der Waals surface area contributed by atoms with Gasteiger partial charge in [-0.1, -0.05) is 22.9 Å². The number of aromatic hydroxyl groups is 1. The molecule has 0 amide bonds. The zero-order valence-corrected chi connectivity index (χ0v) is 8.37. The van der Waals surface area contributed by atoms with Crippen molar-refractivity contribution in [3.8, 4) is 5.75 Å². The number of rotatable bonds is 2. The van der Waals surface area contributed by atoms with Gasteiger partial charge < -0.3 is 10.2 Å². The van der Waals surface area contributed by atoms with Gasteiger partial charge in [0, 0.05) is 10.0 Å². The van der Waals surface area contributed by atoms with E-state index in [0.717, 1.165) is 4.47 Å². The van der Waals surface area contributed by atoms with Crippen molar-refractivity contribution in [1.82, 2.24) is 0 Å². The Kier molecular flexibility index (Phi) is 3.12. The molecule has 12 heavy (non-hydrogen) atoms. The highest BCUT2D eigenvalue weighted by atomic mass is 79.9. The first-order valence-corrected chi connectivity index (χ1v) is 4.61. The molecule has 3 heteroatoms. The number of aliphatic hydroxyl groups excluding tert-OH is 1. The van der Waals surface area contributed by atoms with Crippen molar-refractivity contribution in [2.24, 2.45) is 0 Å². The van der Waals surface area contributed by atoms with Crippen LogP contribution in [0.15, 0.2) is 22.7 Å². The molecule has 1 unspecified atom stereocenters. The lowest BCUT2D eigenvalue weighted by Gasteiger charge is -2.10. The van der Waals surface area contributed by atoms with Crippen molar-refractivity contribution in [3.63, 3.8) is 0 Å². The minimum Gasteiger partial charge on any atom is -0.508 e. The van der Waals surface area contributed by atoms with E-state index in [4.69, 9.17) is 0 Å². The molecule has 66 valence electrons. The van der Waals surface area contributed by atoms with E-state index in [-0.39, 0.29) is 5.75 Å². The van der Waals surface area contributed by atoms with E-state index in [1.165, 1.54) is 0 Å². The molecule has 0 radical (unpaired) electrons. The quantitative estimate of drug-likeness (QED) is 0.821. The molecule has 2 nitrogen and oxygen atoms in total. The van der Waals surface area contributed by atoms with Crippen LogP contribution in [0.4, 0.5) is 0 Å². The fourth-order valence-corrected chi connectivity index (χ4v) is 1.39. The van der Waals surface area contributed by atoms with Crippen molar-refractivity contribution in [2.45, 2.75) is 19.4 Å². The van der Waals surface area contributed by atoms with Gasteiger partial charge in [0.2, 0.25) is 0 Å². The molecule has 1 rings (SSSR count). The van der Waals surface area contributed by atoms with Gasteiger partial charge in [-0.2, -0.15) is 0 Å². The summed E-state index contributed by atoms with van der Waals surface area (Å²) >= 11 is 3.27. The van der Waals surface area contributed by atoms with Gasteiger partial charge in [0.05, 0.1) is 6.10 Å². The van der Waals surface area contributed by atoms with Crippen LogP contribution in [0.3, 0.4) is 0 Å². The van der Waals surface area contributed by atoms with Crippen molar-refractivity contribution >= 4 is 15.9 Å². The summed E-state index contributed by atoms with van der Waals surface area (Å²) in [6, 6.07) is 5.03. The molecule has 0 saturated heterocycles. The molecule has 0 aliphatic heterocycles. The maximum Gasteiger partial charge on any atom is 0.121 e. The second kappa shape index (κ2) is 3.92. The molecule has 0 saturated carbocycles. The smallest absolute Gasteiger partial charge is 0.121 e. The predicted octanol–water partition coefficient (Wildman–Crippen LogP) is 2.60. The van der Waals surface area contributed by atoms with E-state index in [2.05, 4.69) is 15.9 Å². The fourth-order valence-electron chi connectivity index (χ4n) is 1.01. The van der Waals surface area contributed by atoms with Crippen LogP contribution in [0.1, 0.15) is 25.0 Å². The largest absolute Gasteiger partial charge is 0.508 e.